The molecule has 1 unspecified atom stereocenters. The molecule has 1 atom stereocenters. The quantitative estimate of drug-likeness (QED) is 0.192. The lowest BCUT2D eigenvalue weighted by Gasteiger charge is -2.39. The van der Waals surface area contributed by atoms with E-state index in [4.69, 9.17) is 24.0 Å². The molecule has 0 radical (unpaired) electrons. The summed E-state index contributed by atoms with van der Waals surface area (Å²) >= 11 is 0. The van der Waals surface area contributed by atoms with Gasteiger partial charge in [-0.15, -0.1) is 0 Å². The zero-order chi connectivity index (χ0) is 34.8. The van der Waals surface area contributed by atoms with Crippen LogP contribution in [0.1, 0.15) is 70.9 Å². The van der Waals surface area contributed by atoms with Crippen molar-refractivity contribution < 1.29 is 23.1 Å². The van der Waals surface area contributed by atoms with E-state index in [1.54, 1.807) is 22.8 Å². The Labute approximate surface area is 283 Å². The third-order valence-electron chi connectivity index (χ3n) is 9.67. The van der Waals surface area contributed by atoms with Crippen molar-refractivity contribution in [2.45, 2.75) is 97.3 Å². The van der Waals surface area contributed by atoms with Crippen LogP contribution in [0.15, 0.2) is 36.7 Å². The van der Waals surface area contributed by atoms with E-state index in [2.05, 4.69) is 39.0 Å². The van der Waals surface area contributed by atoms with Gasteiger partial charge in [0.25, 0.3) is 0 Å². The van der Waals surface area contributed by atoms with Gasteiger partial charge in [-0.25, -0.2) is 14.2 Å². The van der Waals surface area contributed by atoms with Crippen molar-refractivity contribution in [3.8, 4) is 39.5 Å². The molecule has 1 aliphatic carbocycles. The number of fused-ring (bicyclic) bond motifs is 2. The molecule has 256 valence electrons. The van der Waals surface area contributed by atoms with E-state index in [0.29, 0.717) is 36.8 Å². The molecule has 10 nitrogen and oxygen atoms in total. The normalized spacial score (nSPS) is 16.6. The van der Waals surface area contributed by atoms with E-state index in [1.807, 2.05) is 51.0 Å². The van der Waals surface area contributed by atoms with Gasteiger partial charge in [0.2, 0.25) is 0 Å². The molecule has 3 aromatic heterocycles. The molecule has 1 amide bonds. The number of benzene rings is 1. The van der Waals surface area contributed by atoms with Crippen molar-refractivity contribution in [1.29, 1.82) is 0 Å². The number of ether oxygens (including phenoxy) is 2. The first-order valence-corrected chi connectivity index (χ1v) is 19.5. The average Bonchev–Trinajstić information content (AvgIpc) is 3.73. The van der Waals surface area contributed by atoms with Gasteiger partial charge in [-0.3, -0.25) is 9.36 Å². The number of carbonyl (C=O) groups is 1. The zero-order valence-corrected chi connectivity index (χ0v) is 30.8. The van der Waals surface area contributed by atoms with E-state index in [0.717, 1.165) is 52.0 Å². The highest BCUT2D eigenvalue weighted by molar-refractivity contribution is 6.74. The van der Waals surface area contributed by atoms with E-state index >= 15 is 0 Å². The SMILES string of the molecule is COc1cc(F)ccc1-c1c(-c2cc3n(n2)CCN(C(=O)OC(C)(C)C)C3)nc(-c2cnn(C)c2)c2c1C(O[Si](C)(C)C(C)(C)C)CC2. The molecular formula is C36H47FN6O4Si. The first kappa shape index (κ1) is 33.9. The number of methoxy groups -OCH3 is 1. The maximum absolute atomic E-state index is 14.6. The Morgan fingerprint density at radius 2 is 1.81 bits per heavy atom. The molecule has 0 spiro atoms. The van der Waals surface area contributed by atoms with Gasteiger partial charge in [0.1, 0.15) is 22.9 Å². The van der Waals surface area contributed by atoms with Crippen molar-refractivity contribution in [3.05, 3.63) is 59.3 Å². The molecule has 0 bridgehead atoms. The number of pyridine rings is 1. The second kappa shape index (κ2) is 12.1. The Morgan fingerprint density at radius 1 is 1.06 bits per heavy atom. The second-order valence-corrected chi connectivity index (χ2v) is 20.1. The summed E-state index contributed by atoms with van der Waals surface area (Å²) in [5, 5.41) is 9.53. The number of carbonyl (C=O) groups excluding carboxylic acids is 1. The lowest BCUT2D eigenvalue weighted by Crippen LogP contribution is -2.41. The van der Waals surface area contributed by atoms with Crippen molar-refractivity contribution in [2.75, 3.05) is 13.7 Å². The Kier molecular flexibility index (Phi) is 8.56. The van der Waals surface area contributed by atoms with Crippen LogP contribution in [0.25, 0.3) is 33.8 Å². The molecule has 0 saturated carbocycles. The number of hydrogen-bond acceptors (Lipinski definition) is 7. The van der Waals surface area contributed by atoms with Crippen LogP contribution < -0.4 is 4.74 Å². The van der Waals surface area contributed by atoms with Gasteiger partial charge in [0.15, 0.2) is 8.32 Å². The predicted octanol–water partition coefficient (Wildman–Crippen LogP) is 7.92. The summed E-state index contributed by atoms with van der Waals surface area (Å²) in [5.41, 5.74) is 7.00. The minimum atomic E-state index is -2.22. The Bertz CT molecular complexity index is 1870. The summed E-state index contributed by atoms with van der Waals surface area (Å²) in [5.74, 6) is 0.0231. The summed E-state index contributed by atoms with van der Waals surface area (Å²) in [6.07, 6.45) is 4.82. The molecular weight excluding hydrogens is 628 g/mol. The average molecular weight is 675 g/mol. The molecule has 0 N–H and O–H groups in total. The van der Waals surface area contributed by atoms with Crippen LogP contribution in [-0.4, -0.2) is 63.1 Å². The maximum Gasteiger partial charge on any atom is 0.410 e. The highest BCUT2D eigenvalue weighted by Crippen LogP contribution is 2.52. The van der Waals surface area contributed by atoms with Crippen molar-refractivity contribution in [2.24, 2.45) is 7.05 Å². The Hall–Kier alpha value is -4.03. The summed E-state index contributed by atoms with van der Waals surface area (Å²) in [6.45, 7) is 18.2. The molecule has 2 aliphatic rings. The van der Waals surface area contributed by atoms with Crippen molar-refractivity contribution in [3.63, 3.8) is 0 Å². The monoisotopic (exact) mass is 674 g/mol. The highest BCUT2D eigenvalue weighted by atomic mass is 28.4. The summed E-state index contributed by atoms with van der Waals surface area (Å²) in [7, 11) is 1.23. The van der Waals surface area contributed by atoms with Crippen molar-refractivity contribution in [1.82, 2.24) is 29.4 Å². The Morgan fingerprint density at radius 3 is 2.46 bits per heavy atom. The highest BCUT2D eigenvalue weighted by Gasteiger charge is 2.43. The molecule has 0 fully saturated rings. The molecule has 0 saturated heterocycles. The second-order valence-electron chi connectivity index (χ2n) is 15.4. The molecule has 6 rings (SSSR count). The van der Waals surface area contributed by atoms with Crippen LogP contribution in [-0.2, 0) is 35.7 Å². The summed E-state index contributed by atoms with van der Waals surface area (Å²) in [6, 6.07) is 6.63. The van der Waals surface area contributed by atoms with Crippen LogP contribution in [0.2, 0.25) is 18.1 Å². The number of aromatic nitrogens is 5. The van der Waals surface area contributed by atoms with Crippen LogP contribution in [0.3, 0.4) is 0 Å². The van der Waals surface area contributed by atoms with Gasteiger partial charge in [-0.2, -0.15) is 10.2 Å². The van der Waals surface area contributed by atoms with Gasteiger partial charge in [0.05, 0.1) is 49.6 Å². The molecule has 4 heterocycles. The molecule has 48 heavy (non-hydrogen) atoms. The standard InChI is InChI=1S/C36H47FN6O4Si/c1-35(2,3)46-34(44)42-15-16-43-24(21-42)18-27(40-43)33-31(25-12-11-23(37)17-29(25)45-8)30-26(32(39-33)22-19-38-41(7)20-22)13-14-28(30)47-48(9,10)36(4,5)6/h11-12,17-20,28H,13-16,21H2,1-10H3. The maximum atomic E-state index is 14.6. The number of hydrogen-bond donors (Lipinski definition) is 0. The first-order valence-electron chi connectivity index (χ1n) is 16.6. The van der Waals surface area contributed by atoms with Gasteiger partial charge >= 0.3 is 6.09 Å². The fourth-order valence-electron chi connectivity index (χ4n) is 6.30. The van der Waals surface area contributed by atoms with Crippen LogP contribution >= 0.6 is 0 Å². The third kappa shape index (κ3) is 6.39. The number of aryl methyl sites for hydroxylation is 1. The van der Waals surface area contributed by atoms with E-state index in [1.165, 1.54) is 12.1 Å². The zero-order valence-electron chi connectivity index (χ0n) is 29.8. The topological polar surface area (TPSA) is 96.5 Å². The molecule has 12 heteroatoms. The largest absolute Gasteiger partial charge is 0.496 e. The minimum absolute atomic E-state index is 0.00549. The Balaban J connectivity index is 1.58. The predicted molar refractivity (Wildman–Crippen MR) is 186 cm³/mol. The fourth-order valence-corrected chi connectivity index (χ4v) is 7.60. The number of rotatable bonds is 6. The minimum Gasteiger partial charge on any atom is -0.496 e. The summed E-state index contributed by atoms with van der Waals surface area (Å²) in [4.78, 5) is 20.1. The van der Waals surface area contributed by atoms with E-state index < -0.39 is 13.9 Å². The summed E-state index contributed by atoms with van der Waals surface area (Å²) < 4.78 is 37.0. The van der Waals surface area contributed by atoms with E-state index in [9.17, 15) is 9.18 Å². The van der Waals surface area contributed by atoms with Gasteiger partial charge < -0.3 is 18.8 Å². The third-order valence-corrected chi connectivity index (χ3v) is 14.2. The fraction of sp³-hybridized carbons (Fsp3) is 0.500. The number of halogens is 1. The van der Waals surface area contributed by atoms with Crippen LogP contribution in [0.4, 0.5) is 9.18 Å². The lowest BCUT2D eigenvalue weighted by atomic mass is 9.90. The van der Waals surface area contributed by atoms with Gasteiger partial charge in [-0.1, -0.05) is 20.8 Å². The van der Waals surface area contributed by atoms with Gasteiger partial charge in [-0.05, 0) is 81.1 Å². The van der Waals surface area contributed by atoms with Crippen LogP contribution in [0.5, 0.6) is 5.75 Å². The molecule has 1 aliphatic heterocycles. The molecule has 4 aromatic rings. The number of amides is 1. The first-order chi connectivity index (χ1) is 22.5. The number of nitrogens with zero attached hydrogens (tertiary/aromatic N) is 6. The van der Waals surface area contributed by atoms with E-state index in [-0.39, 0.29) is 23.1 Å². The van der Waals surface area contributed by atoms with Crippen molar-refractivity contribution >= 4 is 14.4 Å². The molecule has 1 aromatic carbocycles. The lowest BCUT2D eigenvalue weighted by molar-refractivity contribution is 0.0194. The van der Waals surface area contributed by atoms with Crippen LogP contribution in [0, 0.1) is 5.82 Å². The smallest absolute Gasteiger partial charge is 0.410 e. The van der Waals surface area contributed by atoms with Gasteiger partial charge in [0, 0.05) is 42.5 Å².